The number of hydrogen-bond acceptors (Lipinski definition) is 2. The van der Waals surface area contributed by atoms with Crippen molar-refractivity contribution in [3.8, 4) is 5.75 Å². The normalized spacial score (nSPS) is 16.8. The summed E-state index contributed by atoms with van der Waals surface area (Å²) < 4.78 is 7.80. The largest absolute Gasteiger partial charge is 0.623 e. The molecule has 0 aliphatic heterocycles. The molecule has 0 bridgehead atoms. The molecule has 0 aromatic heterocycles. The maximum absolute atomic E-state index is 12.7. The van der Waals surface area contributed by atoms with Crippen LogP contribution in [0.3, 0.4) is 0 Å². The van der Waals surface area contributed by atoms with Crippen LogP contribution in [0.2, 0.25) is 18.1 Å². The van der Waals surface area contributed by atoms with Gasteiger partial charge in [0.25, 0.3) is 8.32 Å². The molecule has 1 aliphatic rings. The fraction of sp³-hybridized carbons (Fsp3) is 0.536. The summed E-state index contributed by atoms with van der Waals surface area (Å²) in [5, 5.41) is 12.8. The maximum atomic E-state index is 12.7. The molecule has 0 N–H and O–H groups in total. The molecular formula is C28H41NO2Si. The van der Waals surface area contributed by atoms with E-state index in [-0.39, 0.29) is 10.5 Å². The quantitative estimate of drug-likeness (QED) is 0.155. The smallest absolute Gasteiger partial charge is 0.250 e. The Morgan fingerprint density at radius 3 is 1.97 bits per heavy atom. The molecule has 174 valence electrons. The van der Waals surface area contributed by atoms with E-state index in [1.54, 1.807) is 6.21 Å². The molecule has 0 radical (unpaired) electrons. The van der Waals surface area contributed by atoms with Gasteiger partial charge in [0.05, 0.1) is 0 Å². The van der Waals surface area contributed by atoms with E-state index in [0.717, 1.165) is 28.9 Å². The number of hydroxylamine groups is 1. The molecule has 0 saturated heterocycles. The number of nitrogens with zero attached hydrogens (tertiary/aromatic N) is 1. The average molecular weight is 452 g/mol. The van der Waals surface area contributed by atoms with Crippen molar-refractivity contribution >= 4 is 14.5 Å². The Morgan fingerprint density at radius 1 is 0.969 bits per heavy atom. The fourth-order valence-corrected chi connectivity index (χ4v) is 5.14. The molecule has 2 aromatic rings. The SMILES string of the molecule is Cc1cc(C2(c3ccccc3/C=[N+](\[O-])C(C)(C)C)CC2)cc(C)c1O[Si](C)(C)C(C)(C)C. The summed E-state index contributed by atoms with van der Waals surface area (Å²) in [6.07, 6.45) is 3.98. The Labute approximate surface area is 196 Å². The Bertz CT molecular complexity index is 1010. The van der Waals surface area contributed by atoms with Crippen molar-refractivity contribution in [3.05, 3.63) is 69.4 Å². The first kappa shape index (κ1) is 24.6. The van der Waals surface area contributed by atoms with Gasteiger partial charge in [-0.3, -0.25) is 0 Å². The molecule has 3 rings (SSSR count). The lowest BCUT2D eigenvalue weighted by Gasteiger charge is -2.37. The van der Waals surface area contributed by atoms with Gasteiger partial charge in [-0.15, -0.1) is 0 Å². The highest BCUT2D eigenvalue weighted by molar-refractivity contribution is 6.74. The highest BCUT2D eigenvalue weighted by Gasteiger charge is 2.48. The minimum Gasteiger partial charge on any atom is -0.623 e. The lowest BCUT2D eigenvalue weighted by atomic mass is 9.83. The topological polar surface area (TPSA) is 35.3 Å². The summed E-state index contributed by atoms with van der Waals surface area (Å²) in [7, 11) is -1.91. The van der Waals surface area contributed by atoms with Crippen molar-refractivity contribution in [3.63, 3.8) is 0 Å². The van der Waals surface area contributed by atoms with E-state index in [2.05, 4.69) is 78.0 Å². The first-order valence-corrected chi connectivity index (χ1v) is 14.7. The van der Waals surface area contributed by atoms with Crippen molar-refractivity contribution in [2.24, 2.45) is 0 Å². The molecule has 0 heterocycles. The fourth-order valence-electron chi connectivity index (χ4n) is 4.00. The van der Waals surface area contributed by atoms with Crippen LogP contribution in [0, 0.1) is 19.1 Å². The Morgan fingerprint density at radius 2 is 1.50 bits per heavy atom. The van der Waals surface area contributed by atoms with Gasteiger partial charge in [0.1, 0.15) is 5.75 Å². The van der Waals surface area contributed by atoms with Gasteiger partial charge in [0, 0.05) is 31.7 Å². The predicted molar refractivity (Wildman–Crippen MR) is 139 cm³/mol. The molecule has 2 aromatic carbocycles. The molecule has 4 heteroatoms. The van der Waals surface area contributed by atoms with Gasteiger partial charge in [-0.05, 0) is 73.1 Å². The number of benzene rings is 2. The zero-order valence-electron chi connectivity index (χ0n) is 21.7. The van der Waals surface area contributed by atoms with Crippen molar-refractivity contribution in [2.45, 2.75) is 97.3 Å². The van der Waals surface area contributed by atoms with Crippen LogP contribution in [-0.4, -0.2) is 24.8 Å². The molecule has 0 unspecified atom stereocenters. The van der Waals surface area contributed by atoms with E-state index in [1.165, 1.54) is 22.3 Å². The van der Waals surface area contributed by atoms with Crippen LogP contribution < -0.4 is 4.43 Å². The van der Waals surface area contributed by atoms with E-state index in [4.69, 9.17) is 4.43 Å². The van der Waals surface area contributed by atoms with Gasteiger partial charge in [-0.1, -0.05) is 51.1 Å². The Balaban J connectivity index is 2.04. The van der Waals surface area contributed by atoms with E-state index >= 15 is 0 Å². The van der Waals surface area contributed by atoms with Gasteiger partial charge in [-0.25, -0.2) is 4.74 Å². The molecule has 0 atom stereocenters. The van der Waals surface area contributed by atoms with Crippen LogP contribution in [0.4, 0.5) is 0 Å². The molecule has 1 fully saturated rings. The number of hydrogen-bond donors (Lipinski definition) is 0. The standard InChI is InChI=1S/C28H41NO2Si/c1-20-17-23(18-21(2)25(20)31-32(9,10)27(6,7)8)28(15-16-28)24-14-12-11-13-22(24)19-29(30)26(3,4)5/h11-14,17-19H,15-16H2,1-10H3/b29-19-. The average Bonchev–Trinajstić information content (AvgIpc) is 3.45. The lowest BCUT2D eigenvalue weighted by Crippen LogP contribution is -2.44. The Kier molecular flexibility index (Phi) is 6.18. The number of aryl methyl sites for hydroxylation is 2. The summed E-state index contributed by atoms with van der Waals surface area (Å²) in [5.74, 6) is 1.05. The second kappa shape index (κ2) is 8.05. The third-order valence-electron chi connectivity index (χ3n) is 7.32. The molecule has 0 spiro atoms. The second-order valence-corrected chi connectivity index (χ2v) is 16.8. The molecule has 0 amide bonds. The van der Waals surface area contributed by atoms with Crippen molar-refractivity contribution in [1.29, 1.82) is 0 Å². The highest BCUT2D eigenvalue weighted by Crippen LogP contribution is 2.55. The van der Waals surface area contributed by atoms with Crippen LogP contribution in [-0.2, 0) is 5.41 Å². The van der Waals surface area contributed by atoms with Crippen molar-refractivity contribution in [1.82, 2.24) is 0 Å². The van der Waals surface area contributed by atoms with Gasteiger partial charge < -0.3 is 9.63 Å². The molecule has 1 saturated carbocycles. The lowest BCUT2D eigenvalue weighted by molar-refractivity contribution is -0.530. The molecule has 1 aliphatic carbocycles. The second-order valence-electron chi connectivity index (χ2n) is 12.1. The van der Waals surface area contributed by atoms with E-state index in [0.29, 0.717) is 0 Å². The van der Waals surface area contributed by atoms with Crippen LogP contribution in [0.5, 0.6) is 5.75 Å². The summed E-state index contributed by atoms with van der Waals surface area (Å²) in [5.41, 5.74) is 5.55. The van der Waals surface area contributed by atoms with Gasteiger partial charge >= 0.3 is 0 Å². The van der Waals surface area contributed by atoms with Crippen LogP contribution in [0.15, 0.2) is 36.4 Å². The van der Waals surface area contributed by atoms with Crippen LogP contribution >= 0.6 is 0 Å². The van der Waals surface area contributed by atoms with Gasteiger partial charge in [0.15, 0.2) is 11.8 Å². The third-order valence-corrected chi connectivity index (χ3v) is 11.6. The van der Waals surface area contributed by atoms with Crippen LogP contribution in [0.1, 0.15) is 82.2 Å². The summed E-state index contributed by atoms with van der Waals surface area (Å²) in [4.78, 5) is 0. The summed E-state index contributed by atoms with van der Waals surface area (Å²) in [6, 6.07) is 13.0. The van der Waals surface area contributed by atoms with E-state index < -0.39 is 13.9 Å². The van der Waals surface area contributed by atoms with Crippen LogP contribution in [0.25, 0.3) is 0 Å². The zero-order chi connectivity index (χ0) is 24.1. The third kappa shape index (κ3) is 4.66. The Hall–Kier alpha value is -2.07. The highest BCUT2D eigenvalue weighted by atomic mass is 28.4. The molecular weight excluding hydrogens is 410 g/mol. The number of rotatable bonds is 5. The van der Waals surface area contributed by atoms with E-state index in [1.807, 2.05) is 26.8 Å². The van der Waals surface area contributed by atoms with Crippen molar-refractivity contribution in [2.75, 3.05) is 0 Å². The maximum Gasteiger partial charge on any atom is 0.250 e. The summed E-state index contributed by atoms with van der Waals surface area (Å²) in [6.45, 7) is 21.6. The van der Waals surface area contributed by atoms with Gasteiger partial charge in [0.2, 0.25) is 0 Å². The van der Waals surface area contributed by atoms with E-state index in [9.17, 15) is 5.21 Å². The predicted octanol–water partition coefficient (Wildman–Crippen LogP) is 7.50. The van der Waals surface area contributed by atoms with Crippen molar-refractivity contribution < 1.29 is 9.16 Å². The first-order valence-electron chi connectivity index (χ1n) is 11.8. The minimum atomic E-state index is -1.91. The zero-order valence-corrected chi connectivity index (χ0v) is 22.7. The van der Waals surface area contributed by atoms with Gasteiger partial charge in [-0.2, -0.15) is 0 Å². The minimum absolute atomic E-state index is 0.0170. The monoisotopic (exact) mass is 451 g/mol. The molecule has 32 heavy (non-hydrogen) atoms. The summed E-state index contributed by atoms with van der Waals surface area (Å²) >= 11 is 0. The first-order chi connectivity index (χ1) is 14.6. The molecule has 3 nitrogen and oxygen atoms in total.